The van der Waals surface area contributed by atoms with Crippen molar-refractivity contribution in [3.8, 4) is 5.75 Å². The SMILES string of the molecule is COC(=O)/C=C1/S/C(=N\N=Cc2ccccc2OCC(=O)Nc2ccccc2)NC1=O. The first-order valence-electron chi connectivity index (χ1n) is 9.02. The predicted octanol–water partition coefficient (Wildman–Crippen LogP) is 2.31. The molecule has 0 unspecified atom stereocenters. The number of carbonyl (C=O) groups is 3. The molecule has 0 saturated carbocycles. The van der Waals surface area contributed by atoms with E-state index in [0.29, 0.717) is 17.0 Å². The van der Waals surface area contributed by atoms with Gasteiger partial charge in [-0.05, 0) is 36.0 Å². The third-order valence-corrected chi connectivity index (χ3v) is 4.68. The number of hydrogen-bond acceptors (Lipinski definition) is 8. The van der Waals surface area contributed by atoms with E-state index in [9.17, 15) is 14.4 Å². The number of rotatable bonds is 7. The number of nitrogens with one attached hydrogen (secondary N) is 2. The van der Waals surface area contributed by atoms with Crippen LogP contribution in [0.2, 0.25) is 0 Å². The molecule has 0 spiro atoms. The van der Waals surface area contributed by atoms with Crippen LogP contribution in [-0.2, 0) is 19.1 Å². The predicted molar refractivity (Wildman–Crippen MR) is 118 cm³/mol. The Hall–Kier alpha value is -3.92. The Labute approximate surface area is 182 Å². The van der Waals surface area contributed by atoms with Gasteiger partial charge in [-0.25, -0.2) is 4.79 Å². The highest BCUT2D eigenvalue weighted by Gasteiger charge is 2.25. The Morgan fingerprint density at radius 3 is 2.65 bits per heavy atom. The molecule has 158 valence electrons. The summed E-state index contributed by atoms with van der Waals surface area (Å²) in [6.45, 7) is -0.179. The molecular formula is C21H18N4O5S. The maximum absolute atomic E-state index is 12.1. The third kappa shape index (κ3) is 6.54. The van der Waals surface area contributed by atoms with Crippen LogP contribution in [-0.4, -0.2) is 42.9 Å². The Morgan fingerprint density at radius 1 is 1.13 bits per heavy atom. The molecule has 2 aromatic rings. The number of anilines is 1. The first kappa shape index (κ1) is 21.8. The highest BCUT2D eigenvalue weighted by molar-refractivity contribution is 8.18. The summed E-state index contributed by atoms with van der Waals surface area (Å²) in [6.07, 6.45) is 2.52. The van der Waals surface area contributed by atoms with Crippen LogP contribution in [0.5, 0.6) is 5.75 Å². The number of carbonyl (C=O) groups excluding carboxylic acids is 3. The van der Waals surface area contributed by atoms with Crippen LogP contribution in [0, 0.1) is 0 Å². The zero-order valence-electron chi connectivity index (χ0n) is 16.4. The maximum Gasteiger partial charge on any atom is 0.331 e. The van der Waals surface area contributed by atoms with Gasteiger partial charge in [0, 0.05) is 17.3 Å². The number of amides is 2. The molecule has 1 saturated heterocycles. The normalized spacial score (nSPS) is 15.8. The standard InChI is InChI=1S/C21H18N4O5S/c1-29-19(27)11-17-20(28)24-21(31-17)25-22-12-14-7-5-6-10-16(14)30-13-18(26)23-15-8-3-2-4-9-15/h2-12H,13H2,1H3,(H,23,26)(H,24,25,28)/b17-11+,22-12?. The molecule has 1 heterocycles. The van der Waals surface area contributed by atoms with Crippen molar-refractivity contribution < 1.29 is 23.9 Å². The van der Waals surface area contributed by atoms with Crippen LogP contribution < -0.4 is 15.4 Å². The summed E-state index contributed by atoms with van der Waals surface area (Å²) in [5.74, 6) is -0.945. The summed E-state index contributed by atoms with van der Waals surface area (Å²) in [7, 11) is 1.22. The zero-order valence-corrected chi connectivity index (χ0v) is 17.2. The Morgan fingerprint density at radius 2 is 1.87 bits per heavy atom. The van der Waals surface area contributed by atoms with Crippen molar-refractivity contribution in [2.45, 2.75) is 0 Å². The summed E-state index contributed by atoms with van der Waals surface area (Å²) in [5, 5.41) is 13.3. The van der Waals surface area contributed by atoms with Crippen LogP contribution in [0.1, 0.15) is 5.56 Å². The average molecular weight is 438 g/mol. The molecule has 1 fully saturated rings. The van der Waals surface area contributed by atoms with E-state index in [-0.39, 0.29) is 22.6 Å². The topological polar surface area (TPSA) is 118 Å². The fourth-order valence-corrected chi connectivity index (χ4v) is 3.10. The van der Waals surface area contributed by atoms with E-state index in [2.05, 4.69) is 25.6 Å². The molecule has 0 bridgehead atoms. The molecule has 0 aliphatic carbocycles. The summed E-state index contributed by atoms with van der Waals surface area (Å²) in [5.41, 5.74) is 1.28. The molecule has 31 heavy (non-hydrogen) atoms. The smallest absolute Gasteiger partial charge is 0.331 e. The number of hydrogen-bond donors (Lipinski definition) is 2. The van der Waals surface area contributed by atoms with Crippen LogP contribution in [0.4, 0.5) is 5.69 Å². The lowest BCUT2D eigenvalue weighted by atomic mass is 10.2. The van der Waals surface area contributed by atoms with Crippen molar-refractivity contribution in [2.24, 2.45) is 10.2 Å². The number of benzene rings is 2. The zero-order chi connectivity index (χ0) is 22.1. The quantitative estimate of drug-likeness (QED) is 0.296. The average Bonchev–Trinajstić information content (AvgIpc) is 3.12. The van der Waals surface area contributed by atoms with Crippen molar-refractivity contribution in [3.63, 3.8) is 0 Å². The lowest BCUT2D eigenvalue weighted by molar-refractivity contribution is -0.135. The Balaban J connectivity index is 1.60. The van der Waals surface area contributed by atoms with Gasteiger partial charge in [0.05, 0.1) is 18.2 Å². The second-order valence-electron chi connectivity index (χ2n) is 5.98. The number of amidine groups is 1. The minimum Gasteiger partial charge on any atom is -0.483 e. The van der Waals surface area contributed by atoms with Gasteiger partial charge >= 0.3 is 5.97 Å². The van der Waals surface area contributed by atoms with Crippen LogP contribution in [0.15, 0.2) is 75.8 Å². The van der Waals surface area contributed by atoms with Gasteiger partial charge in [-0.15, -0.1) is 5.10 Å². The van der Waals surface area contributed by atoms with E-state index in [1.807, 2.05) is 18.2 Å². The summed E-state index contributed by atoms with van der Waals surface area (Å²) >= 11 is 0.969. The first-order chi connectivity index (χ1) is 15.0. The molecule has 3 rings (SSSR count). The molecule has 2 N–H and O–H groups in total. The molecule has 0 atom stereocenters. The summed E-state index contributed by atoms with van der Waals surface area (Å²) < 4.78 is 10.1. The van der Waals surface area contributed by atoms with Crippen molar-refractivity contribution in [2.75, 3.05) is 19.0 Å². The fraction of sp³-hybridized carbons (Fsp3) is 0.0952. The highest BCUT2D eigenvalue weighted by Crippen LogP contribution is 2.23. The van der Waals surface area contributed by atoms with E-state index < -0.39 is 11.9 Å². The van der Waals surface area contributed by atoms with Crippen molar-refractivity contribution in [3.05, 3.63) is 71.1 Å². The lowest BCUT2D eigenvalue weighted by Crippen LogP contribution is -2.20. The van der Waals surface area contributed by atoms with Gasteiger partial charge in [-0.3, -0.25) is 14.9 Å². The fourth-order valence-electron chi connectivity index (χ4n) is 2.37. The van der Waals surface area contributed by atoms with E-state index in [1.54, 1.807) is 36.4 Å². The van der Waals surface area contributed by atoms with Gasteiger partial charge in [0.15, 0.2) is 11.8 Å². The summed E-state index contributed by atoms with van der Waals surface area (Å²) in [6, 6.07) is 16.1. The number of thioether (sulfide) groups is 1. The minimum atomic E-state index is -0.634. The second-order valence-corrected chi connectivity index (χ2v) is 7.01. The third-order valence-electron chi connectivity index (χ3n) is 3.78. The molecule has 2 amide bonds. The van der Waals surface area contributed by atoms with Gasteiger partial charge in [-0.2, -0.15) is 5.10 Å². The van der Waals surface area contributed by atoms with E-state index in [4.69, 9.17) is 4.74 Å². The summed E-state index contributed by atoms with van der Waals surface area (Å²) in [4.78, 5) is 35.3. The molecule has 2 aromatic carbocycles. The van der Waals surface area contributed by atoms with E-state index in [1.165, 1.54) is 13.3 Å². The molecule has 9 nitrogen and oxygen atoms in total. The first-order valence-corrected chi connectivity index (χ1v) is 9.83. The number of esters is 1. The van der Waals surface area contributed by atoms with Gasteiger partial charge in [0.25, 0.3) is 11.8 Å². The van der Waals surface area contributed by atoms with E-state index >= 15 is 0 Å². The van der Waals surface area contributed by atoms with Crippen LogP contribution in [0.3, 0.4) is 0 Å². The van der Waals surface area contributed by atoms with Crippen molar-refractivity contribution >= 4 is 46.6 Å². The number of para-hydroxylation sites is 2. The Kier molecular flexibility index (Phi) is 7.55. The molecule has 1 aliphatic rings. The molecule has 0 radical (unpaired) electrons. The van der Waals surface area contributed by atoms with Crippen molar-refractivity contribution in [1.29, 1.82) is 0 Å². The van der Waals surface area contributed by atoms with Gasteiger partial charge in [0.2, 0.25) is 0 Å². The Bertz CT molecular complexity index is 1070. The number of methoxy groups -OCH3 is 1. The number of nitrogens with zero attached hydrogens (tertiary/aromatic N) is 2. The van der Waals surface area contributed by atoms with Crippen molar-refractivity contribution in [1.82, 2.24) is 5.32 Å². The maximum atomic E-state index is 12.1. The van der Waals surface area contributed by atoms with Gasteiger partial charge < -0.3 is 14.8 Å². The molecular weight excluding hydrogens is 420 g/mol. The lowest BCUT2D eigenvalue weighted by Gasteiger charge is -2.09. The highest BCUT2D eigenvalue weighted by atomic mass is 32.2. The molecule has 10 heteroatoms. The van der Waals surface area contributed by atoms with Gasteiger partial charge in [-0.1, -0.05) is 30.3 Å². The second kappa shape index (κ2) is 10.7. The van der Waals surface area contributed by atoms with Crippen LogP contribution in [0.25, 0.3) is 0 Å². The monoisotopic (exact) mass is 438 g/mol. The number of ether oxygens (including phenoxy) is 2. The van der Waals surface area contributed by atoms with Crippen LogP contribution >= 0.6 is 11.8 Å². The molecule has 0 aromatic heterocycles. The minimum absolute atomic E-state index is 0.161. The van der Waals surface area contributed by atoms with Gasteiger partial charge in [0.1, 0.15) is 5.75 Å². The van der Waals surface area contributed by atoms with E-state index in [0.717, 1.165) is 17.8 Å². The molecule has 1 aliphatic heterocycles. The largest absolute Gasteiger partial charge is 0.483 e.